The van der Waals surface area contributed by atoms with Crippen LogP contribution in [0.4, 0.5) is 8.78 Å². The van der Waals surface area contributed by atoms with Gasteiger partial charge in [0.05, 0.1) is 7.11 Å². The maximum atomic E-state index is 13.1. The number of amides is 1. The Kier molecular flexibility index (Phi) is 5.81. The van der Waals surface area contributed by atoms with Gasteiger partial charge in [0, 0.05) is 24.7 Å². The minimum atomic E-state index is -0.501. The molecule has 0 unspecified atom stereocenters. The van der Waals surface area contributed by atoms with Crippen LogP contribution in [0, 0.1) is 11.6 Å². The summed E-state index contributed by atoms with van der Waals surface area (Å²) in [6.07, 6.45) is 0.404. The molecule has 1 aliphatic heterocycles. The van der Waals surface area contributed by atoms with Crippen molar-refractivity contribution in [2.24, 2.45) is 0 Å². The fourth-order valence-corrected chi connectivity index (χ4v) is 3.26. The molecule has 2 aromatic carbocycles. The number of nitrogens with one attached hydrogen (secondary N) is 1. The molecule has 1 heterocycles. The lowest BCUT2D eigenvalue weighted by molar-refractivity contribution is -0.146. The molecule has 0 saturated carbocycles. The molecule has 142 valence electrons. The van der Waals surface area contributed by atoms with E-state index in [1.54, 1.807) is 12.1 Å². The first-order valence-electron chi connectivity index (χ1n) is 8.59. The number of carbonyl (C=O) groups is 2. The third-order valence-electron chi connectivity index (χ3n) is 4.62. The van der Waals surface area contributed by atoms with E-state index < -0.39 is 11.9 Å². The lowest BCUT2D eigenvalue weighted by Gasteiger charge is -2.22. The maximum Gasteiger partial charge on any atom is 0.323 e. The van der Waals surface area contributed by atoms with Crippen molar-refractivity contribution < 1.29 is 23.1 Å². The van der Waals surface area contributed by atoms with Crippen molar-refractivity contribution in [3.8, 4) is 0 Å². The number of likely N-dealkylation sites (tertiary alicyclic amines) is 1. The molecule has 1 aliphatic rings. The standard InChI is InChI=1S/C20H20F2N2O3/c1-27-20(26)18-10-17(23-19(25)14-4-8-16(22)9-5-14)12-24(18)11-13-2-6-15(21)7-3-13/h2-9,17-18H,10-12H2,1H3,(H,23,25)/t17-,18+/m1/s1. The van der Waals surface area contributed by atoms with Crippen molar-refractivity contribution in [2.75, 3.05) is 13.7 Å². The highest BCUT2D eigenvalue weighted by Gasteiger charge is 2.38. The van der Waals surface area contributed by atoms with E-state index in [4.69, 9.17) is 4.74 Å². The van der Waals surface area contributed by atoms with Gasteiger partial charge in [0.1, 0.15) is 17.7 Å². The highest BCUT2D eigenvalue weighted by Crippen LogP contribution is 2.22. The summed E-state index contributed by atoms with van der Waals surface area (Å²) in [6, 6.07) is 10.6. The number of hydrogen-bond donors (Lipinski definition) is 1. The van der Waals surface area contributed by atoms with Crippen LogP contribution in [0.2, 0.25) is 0 Å². The van der Waals surface area contributed by atoms with Crippen molar-refractivity contribution in [1.82, 2.24) is 10.2 Å². The van der Waals surface area contributed by atoms with Gasteiger partial charge in [0.2, 0.25) is 0 Å². The summed E-state index contributed by atoms with van der Waals surface area (Å²) in [4.78, 5) is 26.4. The third kappa shape index (κ3) is 4.68. The molecule has 27 heavy (non-hydrogen) atoms. The second-order valence-corrected chi connectivity index (χ2v) is 6.51. The SMILES string of the molecule is COC(=O)[C@@H]1C[C@@H](NC(=O)c2ccc(F)cc2)CN1Cc1ccc(F)cc1. The molecule has 0 aliphatic carbocycles. The number of halogens is 2. The van der Waals surface area contributed by atoms with Crippen molar-refractivity contribution in [1.29, 1.82) is 0 Å². The van der Waals surface area contributed by atoms with Crippen LogP contribution in [-0.2, 0) is 16.1 Å². The van der Waals surface area contributed by atoms with Crippen LogP contribution >= 0.6 is 0 Å². The van der Waals surface area contributed by atoms with Crippen LogP contribution in [0.25, 0.3) is 0 Å². The van der Waals surface area contributed by atoms with Gasteiger partial charge in [-0.15, -0.1) is 0 Å². The van der Waals surface area contributed by atoms with Crippen LogP contribution < -0.4 is 5.32 Å². The van der Waals surface area contributed by atoms with Crippen molar-refractivity contribution >= 4 is 11.9 Å². The molecule has 1 saturated heterocycles. The molecule has 2 aromatic rings. The molecule has 0 bridgehead atoms. The topological polar surface area (TPSA) is 58.6 Å². The fourth-order valence-electron chi connectivity index (χ4n) is 3.26. The summed E-state index contributed by atoms with van der Waals surface area (Å²) >= 11 is 0. The van der Waals surface area contributed by atoms with E-state index in [9.17, 15) is 18.4 Å². The molecule has 0 aromatic heterocycles. The van der Waals surface area contributed by atoms with E-state index in [0.717, 1.165) is 5.56 Å². The van der Waals surface area contributed by atoms with Gasteiger partial charge in [-0.3, -0.25) is 14.5 Å². The van der Waals surface area contributed by atoms with Crippen molar-refractivity contribution in [3.05, 3.63) is 71.3 Å². The summed E-state index contributed by atoms with van der Waals surface area (Å²) in [5, 5.41) is 2.88. The lowest BCUT2D eigenvalue weighted by atomic mass is 10.1. The minimum Gasteiger partial charge on any atom is -0.468 e. The third-order valence-corrected chi connectivity index (χ3v) is 4.62. The van der Waals surface area contributed by atoms with Gasteiger partial charge >= 0.3 is 5.97 Å². The van der Waals surface area contributed by atoms with Gasteiger partial charge in [-0.25, -0.2) is 8.78 Å². The molecular formula is C20H20F2N2O3. The van der Waals surface area contributed by atoms with E-state index in [-0.39, 0.29) is 23.7 Å². The Morgan fingerprint density at radius 2 is 1.67 bits per heavy atom. The zero-order valence-electron chi connectivity index (χ0n) is 14.8. The summed E-state index contributed by atoms with van der Waals surface area (Å²) in [7, 11) is 1.32. The monoisotopic (exact) mass is 374 g/mol. The second-order valence-electron chi connectivity index (χ2n) is 6.51. The average Bonchev–Trinajstić information content (AvgIpc) is 3.05. The zero-order valence-corrected chi connectivity index (χ0v) is 14.8. The summed E-state index contributed by atoms with van der Waals surface area (Å²) in [6.45, 7) is 0.882. The van der Waals surface area contributed by atoms with Gasteiger partial charge in [0.25, 0.3) is 5.91 Å². The molecule has 0 spiro atoms. The Morgan fingerprint density at radius 1 is 1.07 bits per heavy atom. The molecule has 0 radical (unpaired) electrons. The summed E-state index contributed by atoms with van der Waals surface area (Å²) in [5.74, 6) is -1.44. The van der Waals surface area contributed by atoms with Gasteiger partial charge in [0.15, 0.2) is 0 Å². The Balaban J connectivity index is 1.68. The second kappa shape index (κ2) is 8.26. The number of ether oxygens (including phenoxy) is 1. The average molecular weight is 374 g/mol. The molecule has 5 nitrogen and oxygen atoms in total. The van der Waals surface area contributed by atoms with Crippen LogP contribution in [0.3, 0.4) is 0 Å². The number of hydrogen-bond acceptors (Lipinski definition) is 4. The first kappa shape index (κ1) is 19.0. The molecule has 2 atom stereocenters. The smallest absolute Gasteiger partial charge is 0.323 e. The first-order valence-corrected chi connectivity index (χ1v) is 8.59. The maximum absolute atomic E-state index is 13.1. The number of methoxy groups -OCH3 is 1. The van der Waals surface area contributed by atoms with Crippen LogP contribution in [0.5, 0.6) is 0 Å². The van der Waals surface area contributed by atoms with E-state index in [1.807, 2.05) is 4.90 Å². The minimum absolute atomic E-state index is 0.257. The van der Waals surface area contributed by atoms with E-state index in [2.05, 4.69) is 5.32 Å². The Labute approximate surface area is 155 Å². The van der Waals surface area contributed by atoms with Crippen molar-refractivity contribution in [3.63, 3.8) is 0 Å². The lowest BCUT2D eigenvalue weighted by Crippen LogP contribution is -2.37. The molecule has 7 heteroatoms. The summed E-state index contributed by atoms with van der Waals surface area (Å²) in [5.41, 5.74) is 1.21. The van der Waals surface area contributed by atoms with Crippen LogP contribution in [0.15, 0.2) is 48.5 Å². The van der Waals surface area contributed by atoms with Crippen LogP contribution in [0.1, 0.15) is 22.3 Å². The quantitative estimate of drug-likeness (QED) is 0.817. The van der Waals surface area contributed by atoms with Gasteiger partial charge < -0.3 is 10.1 Å². The molecule has 1 N–H and O–H groups in total. The normalized spacial score (nSPS) is 19.7. The number of nitrogens with zero attached hydrogens (tertiary/aromatic N) is 1. The van der Waals surface area contributed by atoms with Gasteiger partial charge in [-0.2, -0.15) is 0 Å². The Hall–Kier alpha value is -2.80. The number of benzene rings is 2. The number of rotatable bonds is 5. The number of carbonyl (C=O) groups excluding carboxylic acids is 2. The summed E-state index contributed by atoms with van der Waals surface area (Å²) < 4.78 is 31.0. The fraction of sp³-hybridized carbons (Fsp3) is 0.300. The number of esters is 1. The van der Waals surface area contributed by atoms with Gasteiger partial charge in [-0.1, -0.05) is 12.1 Å². The molecule has 3 rings (SSSR count). The molecule has 1 amide bonds. The highest BCUT2D eigenvalue weighted by atomic mass is 19.1. The predicted octanol–water partition coefficient (Wildman–Crippen LogP) is 2.51. The molecule has 1 fully saturated rings. The van der Waals surface area contributed by atoms with Gasteiger partial charge in [-0.05, 0) is 48.4 Å². The van der Waals surface area contributed by atoms with E-state index >= 15 is 0 Å². The Morgan fingerprint density at radius 3 is 2.26 bits per heavy atom. The van der Waals surface area contributed by atoms with Crippen LogP contribution in [-0.4, -0.2) is 42.5 Å². The largest absolute Gasteiger partial charge is 0.468 e. The van der Waals surface area contributed by atoms with E-state index in [0.29, 0.717) is 25.1 Å². The zero-order chi connectivity index (χ0) is 19.4. The molecular weight excluding hydrogens is 354 g/mol. The Bertz CT molecular complexity index is 809. The first-order chi connectivity index (χ1) is 13.0. The predicted molar refractivity (Wildman–Crippen MR) is 94.9 cm³/mol. The highest BCUT2D eigenvalue weighted by molar-refractivity contribution is 5.94. The van der Waals surface area contributed by atoms with Crippen molar-refractivity contribution in [2.45, 2.75) is 25.0 Å². The van der Waals surface area contributed by atoms with E-state index in [1.165, 1.54) is 43.5 Å².